The molecule has 2 aromatic carbocycles. The lowest BCUT2D eigenvalue weighted by Crippen LogP contribution is -2.51. The molecule has 0 bridgehead atoms. The highest BCUT2D eigenvalue weighted by atomic mass is 79.9. The van der Waals surface area contributed by atoms with E-state index in [2.05, 4.69) is 63.3 Å². The molecule has 1 atom stereocenters. The van der Waals surface area contributed by atoms with Crippen molar-refractivity contribution in [1.82, 2.24) is 4.90 Å². The second-order valence-corrected chi connectivity index (χ2v) is 7.96. The third-order valence-electron chi connectivity index (χ3n) is 5.31. The van der Waals surface area contributed by atoms with Gasteiger partial charge in [0.25, 0.3) is 0 Å². The van der Waals surface area contributed by atoms with Gasteiger partial charge >= 0.3 is 0 Å². The van der Waals surface area contributed by atoms with Crippen LogP contribution in [0.4, 0.5) is 0 Å². The first-order valence-corrected chi connectivity index (χ1v) is 9.43. The van der Waals surface area contributed by atoms with Crippen molar-refractivity contribution >= 4 is 15.9 Å². The van der Waals surface area contributed by atoms with Gasteiger partial charge in [-0.3, -0.25) is 4.90 Å². The molecule has 2 aromatic rings. The largest absolute Gasteiger partial charge is 0.487 e. The third-order valence-corrected chi connectivity index (χ3v) is 5.80. The molecule has 126 valence electrons. The van der Waals surface area contributed by atoms with Crippen LogP contribution in [0.3, 0.4) is 0 Å². The number of halogens is 1. The smallest absolute Gasteiger partial charge is 0.126 e. The molecular weight excluding hydrogens is 364 g/mol. The first-order chi connectivity index (χ1) is 11.6. The summed E-state index contributed by atoms with van der Waals surface area (Å²) < 4.78 is 7.52. The molecule has 24 heavy (non-hydrogen) atoms. The Labute approximate surface area is 151 Å². The number of benzene rings is 2. The van der Waals surface area contributed by atoms with Gasteiger partial charge in [-0.2, -0.15) is 0 Å². The summed E-state index contributed by atoms with van der Waals surface area (Å²) in [5, 5.41) is 0. The van der Waals surface area contributed by atoms with Gasteiger partial charge in [0.2, 0.25) is 0 Å². The maximum Gasteiger partial charge on any atom is 0.126 e. The van der Waals surface area contributed by atoms with E-state index in [1.807, 2.05) is 6.07 Å². The highest BCUT2D eigenvalue weighted by molar-refractivity contribution is 9.10. The molecule has 0 aromatic heterocycles. The fourth-order valence-electron chi connectivity index (χ4n) is 3.96. The third kappa shape index (κ3) is 3.23. The molecule has 0 amide bonds. The van der Waals surface area contributed by atoms with Crippen molar-refractivity contribution in [3.05, 3.63) is 64.1 Å². The van der Waals surface area contributed by atoms with Crippen LogP contribution in [-0.2, 0) is 6.54 Å². The Morgan fingerprint density at radius 2 is 1.88 bits per heavy atom. The molecule has 4 rings (SSSR count). The van der Waals surface area contributed by atoms with Crippen LogP contribution in [-0.4, -0.2) is 23.6 Å². The fraction of sp³-hybridized carbons (Fsp3) is 0.400. The zero-order valence-electron chi connectivity index (χ0n) is 13.7. The van der Waals surface area contributed by atoms with Gasteiger partial charge in [0.05, 0.1) is 0 Å². The van der Waals surface area contributed by atoms with Gasteiger partial charge in [-0.1, -0.05) is 52.3 Å². The Morgan fingerprint density at radius 1 is 1.12 bits per heavy atom. The number of piperidine rings is 1. The second-order valence-electron chi connectivity index (χ2n) is 7.04. The van der Waals surface area contributed by atoms with Crippen molar-refractivity contribution < 1.29 is 4.74 Å². The molecule has 0 radical (unpaired) electrons. The summed E-state index contributed by atoms with van der Waals surface area (Å²) in [4.78, 5) is 2.52. The number of rotatable bonds is 2. The monoisotopic (exact) mass is 386 g/mol. The number of ether oxygens (including phenoxy) is 1. The molecule has 2 aliphatic rings. The molecule has 1 spiro atoms. The van der Waals surface area contributed by atoms with Crippen molar-refractivity contribution in [2.45, 2.75) is 37.5 Å². The Kier molecular flexibility index (Phi) is 4.37. The summed E-state index contributed by atoms with van der Waals surface area (Å²) in [5.41, 5.74) is 8.87. The van der Waals surface area contributed by atoms with Gasteiger partial charge < -0.3 is 10.5 Å². The highest BCUT2D eigenvalue weighted by Crippen LogP contribution is 2.44. The fourth-order valence-corrected chi connectivity index (χ4v) is 4.30. The molecule has 4 heteroatoms. The Bertz CT molecular complexity index is 711. The molecule has 1 unspecified atom stereocenters. The SMILES string of the molecule is NC1CC2(CCN(Cc3ccccc3)CC2)Oc2cc(Br)ccc21. The summed E-state index contributed by atoms with van der Waals surface area (Å²) in [6, 6.07) is 17.0. The normalized spacial score (nSPS) is 22.8. The highest BCUT2D eigenvalue weighted by Gasteiger charge is 2.42. The molecule has 0 aliphatic carbocycles. The first kappa shape index (κ1) is 16.1. The Morgan fingerprint density at radius 3 is 2.62 bits per heavy atom. The van der Waals surface area contributed by atoms with Crippen LogP contribution in [0.1, 0.15) is 36.4 Å². The van der Waals surface area contributed by atoms with Gasteiger partial charge in [-0.25, -0.2) is 0 Å². The van der Waals surface area contributed by atoms with Crippen LogP contribution >= 0.6 is 15.9 Å². The summed E-state index contributed by atoms with van der Waals surface area (Å²) in [6.45, 7) is 3.14. The van der Waals surface area contributed by atoms with E-state index >= 15 is 0 Å². The van der Waals surface area contributed by atoms with Crippen molar-refractivity contribution in [3.8, 4) is 5.75 Å². The number of nitrogens with zero attached hydrogens (tertiary/aromatic N) is 1. The van der Waals surface area contributed by atoms with Crippen molar-refractivity contribution in [3.63, 3.8) is 0 Å². The van der Waals surface area contributed by atoms with Gasteiger partial charge in [-0.15, -0.1) is 0 Å². The second kappa shape index (κ2) is 6.51. The Hall–Kier alpha value is -1.36. The molecule has 0 saturated carbocycles. The van der Waals surface area contributed by atoms with Crippen molar-refractivity contribution in [2.24, 2.45) is 5.73 Å². The van der Waals surface area contributed by atoms with E-state index in [4.69, 9.17) is 10.5 Å². The van der Waals surface area contributed by atoms with Crippen LogP contribution < -0.4 is 10.5 Å². The Balaban J connectivity index is 1.45. The van der Waals surface area contributed by atoms with Crippen molar-refractivity contribution in [2.75, 3.05) is 13.1 Å². The molecule has 1 saturated heterocycles. The van der Waals surface area contributed by atoms with Crippen LogP contribution in [0.2, 0.25) is 0 Å². The number of nitrogens with two attached hydrogens (primary N) is 1. The van der Waals surface area contributed by atoms with E-state index in [-0.39, 0.29) is 11.6 Å². The quantitative estimate of drug-likeness (QED) is 0.837. The number of hydrogen-bond acceptors (Lipinski definition) is 3. The molecule has 2 heterocycles. The van der Waals surface area contributed by atoms with Crippen LogP contribution in [0, 0.1) is 0 Å². The van der Waals surface area contributed by atoms with Crippen molar-refractivity contribution in [1.29, 1.82) is 0 Å². The predicted molar refractivity (Wildman–Crippen MR) is 100.0 cm³/mol. The lowest BCUT2D eigenvalue weighted by molar-refractivity contribution is -0.0234. The molecule has 2 N–H and O–H groups in total. The first-order valence-electron chi connectivity index (χ1n) is 8.64. The van der Waals surface area contributed by atoms with E-state index in [1.165, 1.54) is 5.56 Å². The van der Waals surface area contributed by atoms with Crippen LogP contribution in [0.15, 0.2) is 53.0 Å². The molecule has 2 aliphatic heterocycles. The molecular formula is C20H23BrN2O. The van der Waals surface area contributed by atoms with Gasteiger partial charge in [-0.05, 0) is 30.5 Å². The van der Waals surface area contributed by atoms with E-state index in [0.717, 1.165) is 54.7 Å². The number of fused-ring (bicyclic) bond motifs is 1. The predicted octanol–water partition coefficient (Wildman–Crippen LogP) is 4.27. The zero-order valence-corrected chi connectivity index (χ0v) is 15.3. The van der Waals surface area contributed by atoms with E-state index < -0.39 is 0 Å². The molecule has 3 nitrogen and oxygen atoms in total. The maximum absolute atomic E-state index is 6.47. The lowest BCUT2D eigenvalue weighted by Gasteiger charge is -2.46. The molecule has 1 fully saturated rings. The minimum absolute atomic E-state index is 0.0718. The number of hydrogen-bond donors (Lipinski definition) is 1. The topological polar surface area (TPSA) is 38.5 Å². The van der Waals surface area contributed by atoms with Crippen LogP contribution in [0.5, 0.6) is 5.75 Å². The van der Waals surface area contributed by atoms with E-state index in [0.29, 0.717) is 0 Å². The van der Waals surface area contributed by atoms with Gasteiger partial charge in [0.1, 0.15) is 11.4 Å². The number of likely N-dealkylation sites (tertiary alicyclic amines) is 1. The van der Waals surface area contributed by atoms with Crippen LogP contribution in [0.25, 0.3) is 0 Å². The standard InChI is InChI=1S/C20H23BrN2O/c21-16-6-7-17-18(22)13-20(24-19(17)12-16)8-10-23(11-9-20)14-15-4-2-1-3-5-15/h1-7,12,18H,8-11,13-14,22H2. The minimum atomic E-state index is -0.0968. The van der Waals surface area contributed by atoms with E-state index in [1.54, 1.807) is 0 Å². The average Bonchev–Trinajstić information content (AvgIpc) is 2.58. The van der Waals surface area contributed by atoms with Gasteiger partial charge in [0.15, 0.2) is 0 Å². The average molecular weight is 387 g/mol. The summed E-state index contributed by atoms with van der Waals surface area (Å²) in [5.74, 6) is 0.958. The zero-order chi connectivity index (χ0) is 16.6. The summed E-state index contributed by atoms with van der Waals surface area (Å²) in [6.07, 6.45) is 3.00. The summed E-state index contributed by atoms with van der Waals surface area (Å²) >= 11 is 3.54. The minimum Gasteiger partial charge on any atom is -0.487 e. The van der Waals surface area contributed by atoms with Gasteiger partial charge in [0, 0.05) is 42.1 Å². The summed E-state index contributed by atoms with van der Waals surface area (Å²) in [7, 11) is 0. The van der Waals surface area contributed by atoms with E-state index in [9.17, 15) is 0 Å². The maximum atomic E-state index is 6.47. The lowest BCUT2D eigenvalue weighted by atomic mass is 9.81.